The molecular weight excluding hydrogens is 282 g/mol. The second-order valence-electron chi connectivity index (χ2n) is 5.21. The van der Waals surface area contributed by atoms with Gasteiger partial charge in [-0.15, -0.1) is 0 Å². The number of carboxylic acids is 1. The third-order valence-corrected chi connectivity index (χ3v) is 6.32. The zero-order valence-electron chi connectivity index (χ0n) is 12.0. The lowest BCUT2D eigenvalue weighted by atomic mass is 10.2. The summed E-state index contributed by atoms with van der Waals surface area (Å²) in [5, 5.41) is 6.19. The highest BCUT2D eigenvalue weighted by Gasteiger charge is 2.40. The number of carboxylic acid groups (broad SMARTS) is 1. The smallest absolute Gasteiger partial charge is 0.321 e. The maximum atomic E-state index is 12.3. The van der Waals surface area contributed by atoms with Crippen LogP contribution in [0.3, 0.4) is 0 Å². The number of carbonyl (C=O) groups excluding carboxylic acids is 1. The Morgan fingerprint density at radius 1 is 1.15 bits per heavy atom. The van der Waals surface area contributed by atoms with E-state index in [0.29, 0.717) is 13.1 Å². The minimum Gasteiger partial charge on any atom is -0.480 e. The highest BCUT2D eigenvalue weighted by molar-refractivity contribution is 7.94. The van der Waals surface area contributed by atoms with Gasteiger partial charge in [0.05, 0.1) is 0 Å². The van der Waals surface area contributed by atoms with Gasteiger partial charge in [-0.1, -0.05) is 19.8 Å². The molecule has 1 fully saturated rings. The van der Waals surface area contributed by atoms with Crippen molar-refractivity contribution in [3.63, 3.8) is 0 Å². The lowest BCUT2D eigenvalue weighted by Crippen LogP contribution is -2.46. The highest BCUT2D eigenvalue weighted by Crippen LogP contribution is 2.18. The second kappa shape index (κ2) is 7.06. The average Bonchev–Trinajstić information content (AvgIpc) is 2.65. The van der Waals surface area contributed by atoms with Gasteiger partial charge in [-0.25, -0.2) is 8.42 Å². The summed E-state index contributed by atoms with van der Waals surface area (Å²) in [4.78, 5) is 24.9. The van der Waals surface area contributed by atoms with Crippen LogP contribution in [0.2, 0.25) is 0 Å². The molecule has 0 aromatic heterocycles. The number of carbonyl (C=O) groups is 2. The Morgan fingerprint density at radius 3 is 2.05 bits per heavy atom. The molecular formula is C13H23NO5S. The molecule has 1 saturated heterocycles. The Balaban J connectivity index is 2.88. The molecule has 0 aromatic carbocycles. The van der Waals surface area contributed by atoms with Gasteiger partial charge >= 0.3 is 5.97 Å². The first-order valence-electron chi connectivity index (χ1n) is 7.06. The van der Waals surface area contributed by atoms with Crippen LogP contribution in [0.4, 0.5) is 0 Å². The van der Waals surface area contributed by atoms with Crippen molar-refractivity contribution in [3.8, 4) is 0 Å². The van der Waals surface area contributed by atoms with Crippen molar-refractivity contribution in [2.45, 2.75) is 56.5 Å². The average molecular weight is 305 g/mol. The topological polar surface area (TPSA) is 91.7 Å². The van der Waals surface area contributed by atoms with Crippen LogP contribution >= 0.6 is 0 Å². The number of hydrogen-bond acceptors (Lipinski definition) is 4. The fourth-order valence-corrected chi connectivity index (χ4v) is 4.15. The first-order valence-corrected chi connectivity index (χ1v) is 8.67. The Bertz CT molecular complexity index is 451. The van der Waals surface area contributed by atoms with Gasteiger partial charge in [0.25, 0.3) is 0 Å². The van der Waals surface area contributed by atoms with Crippen LogP contribution in [-0.2, 0) is 19.4 Å². The van der Waals surface area contributed by atoms with E-state index in [2.05, 4.69) is 0 Å². The van der Waals surface area contributed by atoms with E-state index in [1.807, 2.05) is 0 Å². The van der Waals surface area contributed by atoms with Gasteiger partial charge in [-0.05, 0) is 26.2 Å². The number of aliphatic carboxylic acids is 1. The molecule has 0 aliphatic carbocycles. The van der Waals surface area contributed by atoms with E-state index in [-0.39, 0.29) is 6.42 Å². The van der Waals surface area contributed by atoms with Crippen molar-refractivity contribution in [2.24, 2.45) is 0 Å². The molecule has 1 heterocycles. The van der Waals surface area contributed by atoms with Crippen molar-refractivity contribution in [2.75, 3.05) is 13.1 Å². The predicted octanol–water partition coefficient (Wildman–Crippen LogP) is 1.06. The van der Waals surface area contributed by atoms with E-state index >= 15 is 0 Å². The summed E-state index contributed by atoms with van der Waals surface area (Å²) < 4.78 is 24.5. The molecule has 1 aliphatic heterocycles. The normalized spacial score (nSPS) is 20.0. The van der Waals surface area contributed by atoms with Gasteiger partial charge in [0.15, 0.2) is 15.1 Å². The first kappa shape index (κ1) is 16.9. The Morgan fingerprint density at radius 2 is 1.65 bits per heavy atom. The molecule has 0 aromatic rings. The summed E-state index contributed by atoms with van der Waals surface area (Å²) in [5.41, 5.74) is 0. The molecule has 0 spiro atoms. The van der Waals surface area contributed by atoms with E-state index in [1.54, 1.807) is 4.90 Å². The van der Waals surface area contributed by atoms with Crippen LogP contribution in [0.5, 0.6) is 0 Å². The second-order valence-corrected chi connectivity index (χ2v) is 7.66. The van der Waals surface area contributed by atoms with Gasteiger partial charge in [0, 0.05) is 13.1 Å². The Hall–Kier alpha value is -1.11. The molecule has 0 radical (unpaired) electrons. The fourth-order valence-electron chi connectivity index (χ4n) is 2.48. The standard InChI is InChI=1S/C13H23NO5S/c1-3-11(13(16)17)20(18,19)10(2)12(15)14-8-6-4-5-7-9-14/h10-11H,3-9H2,1-2H3,(H,16,17). The van der Waals surface area contributed by atoms with Crippen molar-refractivity contribution in [3.05, 3.63) is 0 Å². The molecule has 1 amide bonds. The summed E-state index contributed by atoms with van der Waals surface area (Å²) in [6.07, 6.45) is 3.79. The Labute approximate surface area is 120 Å². The lowest BCUT2D eigenvalue weighted by Gasteiger charge is -2.25. The van der Waals surface area contributed by atoms with Crippen molar-refractivity contribution >= 4 is 21.7 Å². The molecule has 7 heteroatoms. The number of sulfone groups is 1. The van der Waals surface area contributed by atoms with Crippen LogP contribution in [0.25, 0.3) is 0 Å². The van der Waals surface area contributed by atoms with Gasteiger partial charge < -0.3 is 10.0 Å². The molecule has 20 heavy (non-hydrogen) atoms. The third-order valence-electron chi connectivity index (χ3n) is 3.80. The lowest BCUT2D eigenvalue weighted by molar-refractivity contribution is -0.136. The van der Waals surface area contributed by atoms with E-state index in [0.717, 1.165) is 25.7 Å². The van der Waals surface area contributed by atoms with E-state index < -0.39 is 32.2 Å². The fraction of sp³-hybridized carbons (Fsp3) is 0.846. The van der Waals surface area contributed by atoms with Crippen LogP contribution < -0.4 is 0 Å². The quantitative estimate of drug-likeness (QED) is 0.820. The summed E-state index contributed by atoms with van der Waals surface area (Å²) >= 11 is 0. The predicted molar refractivity (Wildman–Crippen MR) is 75.1 cm³/mol. The van der Waals surface area contributed by atoms with E-state index in [9.17, 15) is 18.0 Å². The van der Waals surface area contributed by atoms with Crippen molar-refractivity contribution in [1.29, 1.82) is 0 Å². The van der Waals surface area contributed by atoms with E-state index in [1.165, 1.54) is 13.8 Å². The molecule has 116 valence electrons. The maximum absolute atomic E-state index is 12.3. The molecule has 0 bridgehead atoms. The first-order chi connectivity index (χ1) is 9.32. The molecule has 1 N–H and O–H groups in total. The maximum Gasteiger partial charge on any atom is 0.321 e. The molecule has 2 atom stereocenters. The number of amides is 1. The van der Waals surface area contributed by atoms with E-state index in [4.69, 9.17) is 5.11 Å². The minimum atomic E-state index is -4.00. The zero-order chi connectivity index (χ0) is 15.3. The van der Waals surface area contributed by atoms with Crippen LogP contribution in [0.1, 0.15) is 46.0 Å². The summed E-state index contributed by atoms with van der Waals surface area (Å²) in [6.45, 7) is 3.92. The third kappa shape index (κ3) is 3.71. The minimum absolute atomic E-state index is 0.0325. The summed E-state index contributed by atoms with van der Waals surface area (Å²) in [5.74, 6) is -1.85. The highest BCUT2D eigenvalue weighted by atomic mass is 32.2. The van der Waals surface area contributed by atoms with Gasteiger partial charge in [-0.3, -0.25) is 9.59 Å². The van der Waals surface area contributed by atoms with Gasteiger partial charge in [0.2, 0.25) is 5.91 Å². The SMILES string of the molecule is CCC(C(=O)O)S(=O)(=O)C(C)C(=O)N1CCCCCC1. The molecule has 0 saturated carbocycles. The zero-order valence-corrected chi connectivity index (χ0v) is 12.9. The van der Waals surface area contributed by atoms with Crippen molar-refractivity contribution in [1.82, 2.24) is 4.90 Å². The monoisotopic (exact) mass is 305 g/mol. The largest absolute Gasteiger partial charge is 0.480 e. The number of likely N-dealkylation sites (tertiary alicyclic amines) is 1. The molecule has 6 nitrogen and oxygen atoms in total. The van der Waals surface area contributed by atoms with Gasteiger partial charge in [-0.2, -0.15) is 0 Å². The van der Waals surface area contributed by atoms with Gasteiger partial charge in [0.1, 0.15) is 5.25 Å². The van der Waals surface area contributed by atoms with Crippen LogP contribution in [0, 0.1) is 0 Å². The van der Waals surface area contributed by atoms with Crippen LogP contribution in [0.15, 0.2) is 0 Å². The number of hydrogen-bond donors (Lipinski definition) is 1. The molecule has 2 unspecified atom stereocenters. The summed E-state index contributed by atoms with van der Waals surface area (Å²) in [7, 11) is -4.00. The summed E-state index contributed by atoms with van der Waals surface area (Å²) in [6, 6.07) is 0. The van der Waals surface area contributed by atoms with Crippen LogP contribution in [-0.4, -0.2) is 53.9 Å². The number of rotatable bonds is 5. The number of nitrogens with zero attached hydrogens (tertiary/aromatic N) is 1. The molecule has 1 rings (SSSR count). The molecule has 1 aliphatic rings. The Kier molecular flexibility index (Phi) is 5.98. The van der Waals surface area contributed by atoms with Crippen molar-refractivity contribution < 1.29 is 23.1 Å².